The molecule has 0 aliphatic carbocycles. The zero-order valence-corrected chi connectivity index (χ0v) is 13.0. The Morgan fingerprint density at radius 2 is 2.29 bits per heavy atom. The molecule has 1 aliphatic heterocycles. The number of aryl methyl sites for hydroxylation is 1. The maximum Gasteiger partial charge on any atom is 0.227 e. The van der Waals surface area contributed by atoms with Crippen molar-refractivity contribution in [3.05, 3.63) is 34.0 Å². The van der Waals surface area contributed by atoms with Crippen molar-refractivity contribution in [1.82, 2.24) is 20.1 Å². The van der Waals surface area contributed by atoms with Gasteiger partial charge in [-0.05, 0) is 35.2 Å². The van der Waals surface area contributed by atoms with E-state index in [9.17, 15) is 4.79 Å². The molecule has 3 rings (SSSR count). The first kappa shape index (κ1) is 14.3. The third-order valence-electron chi connectivity index (χ3n) is 4.03. The SMILES string of the molecule is CCc1nc(C2CCN(C(=O)Cc3ccsc3)CC2)n[nH]1. The zero-order chi connectivity index (χ0) is 14.7. The van der Waals surface area contributed by atoms with Crippen LogP contribution in [0.1, 0.15) is 42.9 Å². The van der Waals surface area contributed by atoms with Crippen LogP contribution >= 0.6 is 11.3 Å². The molecule has 0 aromatic carbocycles. The molecule has 5 nitrogen and oxygen atoms in total. The molecular weight excluding hydrogens is 284 g/mol. The number of rotatable bonds is 4. The van der Waals surface area contributed by atoms with E-state index in [-0.39, 0.29) is 5.91 Å². The molecule has 0 spiro atoms. The first-order valence-electron chi connectivity index (χ1n) is 7.46. The Balaban J connectivity index is 1.53. The Morgan fingerprint density at radius 3 is 2.90 bits per heavy atom. The molecular formula is C15H20N4OS. The van der Waals surface area contributed by atoms with Gasteiger partial charge in [0.2, 0.25) is 5.91 Å². The van der Waals surface area contributed by atoms with Gasteiger partial charge in [0.15, 0.2) is 5.82 Å². The number of aromatic nitrogens is 3. The molecule has 1 aliphatic rings. The summed E-state index contributed by atoms with van der Waals surface area (Å²) in [4.78, 5) is 18.7. The summed E-state index contributed by atoms with van der Waals surface area (Å²) in [5.41, 5.74) is 1.12. The Morgan fingerprint density at radius 1 is 1.48 bits per heavy atom. The Hall–Kier alpha value is -1.69. The maximum absolute atomic E-state index is 12.3. The summed E-state index contributed by atoms with van der Waals surface area (Å²) in [6.07, 6.45) is 3.31. The highest BCUT2D eigenvalue weighted by Gasteiger charge is 2.26. The van der Waals surface area contributed by atoms with Crippen LogP contribution in [0.25, 0.3) is 0 Å². The third kappa shape index (κ3) is 3.32. The third-order valence-corrected chi connectivity index (χ3v) is 4.76. The first-order chi connectivity index (χ1) is 10.3. The molecule has 0 saturated carbocycles. The zero-order valence-electron chi connectivity index (χ0n) is 12.2. The van der Waals surface area contributed by atoms with Crippen molar-refractivity contribution < 1.29 is 4.79 Å². The van der Waals surface area contributed by atoms with E-state index >= 15 is 0 Å². The Bertz CT molecular complexity index is 585. The summed E-state index contributed by atoms with van der Waals surface area (Å²) in [5.74, 6) is 2.47. The van der Waals surface area contributed by atoms with E-state index in [0.717, 1.165) is 49.6 Å². The lowest BCUT2D eigenvalue weighted by atomic mass is 9.96. The average Bonchev–Trinajstić information content (AvgIpc) is 3.18. The van der Waals surface area contributed by atoms with E-state index in [2.05, 4.69) is 22.1 Å². The quantitative estimate of drug-likeness (QED) is 0.943. The topological polar surface area (TPSA) is 61.9 Å². The fourth-order valence-electron chi connectivity index (χ4n) is 2.72. The van der Waals surface area contributed by atoms with Crippen molar-refractivity contribution in [2.24, 2.45) is 0 Å². The number of likely N-dealkylation sites (tertiary alicyclic amines) is 1. The number of amides is 1. The molecule has 0 unspecified atom stereocenters. The number of thiophene rings is 1. The van der Waals surface area contributed by atoms with Crippen LogP contribution in [0, 0.1) is 0 Å². The van der Waals surface area contributed by atoms with Crippen molar-refractivity contribution >= 4 is 17.2 Å². The van der Waals surface area contributed by atoms with Gasteiger partial charge in [0.05, 0.1) is 6.42 Å². The number of hydrogen-bond donors (Lipinski definition) is 1. The van der Waals surface area contributed by atoms with E-state index in [1.165, 1.54) is 0 Å². The first-order valence-corrected chi connectivity index (χ1v) is 8.40. The number of hydrogen-bond acceptors (Lipinski definition) is 4. The molecule has 112 valence electrons. The predicted molar refractivity (Wildman–Crippen MR) is 82.3 cm³/mol. The second-order valence-electron chi connectivity index (χ2n) is 5.46. The van der Waals surface area contributed by atoms with Crippen molar-refractivity contribution in [2.45, 2.75) is 38.5 Å². The van der Waals surface area contributed by atoms with Gasteiger partial charge in [-0.1, -0.05) is 6.92 Å². The lowest BCUT2D eigenvalue weighted by Crippen LogP contribution is -2.38. The van der Waals surface area contributed by atoms with Crippen LogP contribution in [0.2, 0.25) is 0 Å². The van der Waals surface area contributed by atoms with Gasteiger partial charge in [0.1, 0.15) is 5.82 Å². The highest BCUT2D eigenvalue weighted by atomic mass is 32.1. The van der Waals surface area contributed by atoms with E-state index in [1.807, 2.05) is 21.7 Å². The molecule has 1 amide bonds. The summed E-state index contributed by atoms with van der Waals surface area (Å²) < 4.78 is 0. The minimum absolute atomic E-state index is 0.232. The molecule has 1 fully saturated rings. The number of nitrogens with zero attached hydrogens (tertiary/aromatic N) is 3. The molecule has 1 saturated heterocycles. The van der Waals surface area contributed by atoms with Crippen LogP contribution in [-0.2, 0) is 17.6 Å². The summed E-state index contributed by atoms with van der Waals surface area (Å²) in [6, 6.07) is 2.02. The summed E-state index contributed by atoms with van der Waals surface area (Å²) in [6.45, 7) is 3.68. The van der Waals surface area contributed by atoms with Gasteiger partial charge in [-0.3, -0.25) is 9.89 Å². The predicted octanol–water partition coefficient (Wildman–Crippen LogP) is 2.38. The highest BCUT2D eigenvalue weighted by Crippen LogP contribution is 2.26. The van der Waals surface area contributed by atoms with E-state index in [1.54, 1.807) is 11.3 Å². The van der Waals surface area contributed by atoms with Gasteiger partial charge in [-0.25, -0.2) is 4.98 Å². The molecule has 1 N–H and O–H groups in total. The van der Waals surface area contributed by atoms with Crippen LogP contribution in [0.4, 0.5) is 0 Å². The number of carbonyl (C=O) groups excluding carboxylic acids is 1. The van der Waals surface area contributed by atoms with E-state index in [0.29, 0.717) is 12.3 Å². The average molecular weight is 304 g/mol. The fourth-order valence-corrected chi connectivity index (χ4v) is 3.39. The van der Waals surface area contributed by atoms with Crippen molar-refractivity contribution in [2.75, 3.05) is 13.1 Å². The van der Waals surface area contributed by atoms with Crippen molar-refractivity contribution in [3.63, 3.8) is 0 Å². The van der Waals surface area contributed by atoms with Crippen LogP contribution in [0.3, 0.4) is 0 Å². The molecule has 3 heterocycles. The van der Waals surface area contributed by atoms with Crippen molar-refractivity contribution in [1.29, 1.82) is 0 Å². The molecule has 0 radical (unpaired) electrons. The van der Waals surface area contributed by atoms with Crippen LogP contribution in [-0.4, -0.2) is 39.1 Å². The van der Waals surface area contributed by atoms with Gasteiger partial charge < -0.3 is 4.90 Å². The number of piperidine rings is 1. The molecule has 2 aromatic heterocycles. The fraction of sp³-hybridized carbons (Fsp3) is 0.533. The Labute approximate surface area is 128 Å². The maximum atomic E-state index is 12.3. The number of aromatic amines is 1. The standard InChI is InChI=1S/C15H20N4OS/c1-2-13-16-15(18-17-13)12-3-6-19(7-4-12)14(20)9-11-5-8-21-10-11/h5,8,10,12H,2-4,6-7,9H2,1H3,(H,16,17,18). The second-order valence-corrected chi connectivity index (χ2v) is 6.24. The Kier molecular flexibility index (Phi) is 4.34. The lowest BCUT2D eigenvalue weighted by Gasteiger charge is -2.30. The molecule has 21 heavy (non-hydrogen) atoms. The number of carbonyl (C=O) groups is 1. The minimum atomic E-state index is 0.232. The van der Waals surface area contributed by atoms with Crippen LogP contribution < -0.4 is 0 Å². The second kappa shape index (κ2) is 6.39. The summed E-state index contributed by atoms with van der Waals surface area (Å²) in [7, 11) is 0. The summed E-state index contributed by atoms with van der Waals surface area (Å²) in [5, 5.41) is 11.3. The normalized spacial score (nSPS) is 16.3. The number of nitrogens with one attached hydrogen (secondary N) is 1. The van der Waals surface area contributed by atoms with Gasteiger partial charge >= 0.3 is 0 Å². The molecule has 6 heteroatoms. The molecule has 0 bridgehead atoms. The summed E-state index contributed by atoms with van der Waals surface area (Å²) >= 11 is 1.64. The van der Waals surface area contributed by atoms with Crippen molar-refractivity contribution in [3.8, 4) is 0 Å². The van der Waals surface area contributed by atoms with Gasteiger partial charge in [-0.15, -0.1) is 0 Å². The van der Waals surface area contributed by atoms with E-state index in [4.69, 9.17) is 0 Å². The van der Waals surface area contributed by atoms with Gasteiger partial charge in [0, 0.05) is 25.4 Å². The van der Waals surface area contributed by atoms with Crippen LogP contribution in [0.15, 0.2) is 16.8 Å². The monoisotopic (exact) mass is 304 g/mol. The van der Waals surface area contributed by atoms with E-state index < -0.39 is 0 Å². The highest BCUT2D eigenvalue weighted by molar-refractivity contribution is 7.07. The smallest absolute Gasteiger partial charge is 0.227 e. The largest absolute Gasteiger partial charge is 0.342 e. The number of H-pyrrole nitrogens is 1. The van der Waals surface area contributed by atoms with Gasteiger partial charge in [0.25, 0.3) is 0 Å². The minimum Gasteiger partial charge on any atom is -0.342 e. The van der Waals surface area contributed by atoms with Crippen LogP contribution in [0.5, 0.6) is 0 Å². The van der Waals surface area contributed by atoms with Gasteiger partial charge in [-0.2, -0.15) is 16.4 Å². The molecule has 2 aromatic rings. The molecule has 0 atom stereocenters. The lowest BCUT2D eigenvalue weighted by molar-refractivity contribution is -0.131.